The third-order valence-electron chi connectivity index (χ3n) is 4.50. The van der Waals surface area contributed by atoms with Gasteiger partial charge in [-0.15, -0.1) is 0 Å². The van der Waals surface area contributed by atoms with Crippen LogP contribution in [0.4, 0.5) is 5.69 Å². The SMILES string of the molecule is COc1cc(OC)cc(C(NC(=O)c2ccc(Br)c([N+](=O)[O-])c2)c2nccn2C)c1. The summed E-state index contributed by atoms with van der Waals surface area (Å²) in [5.74, 6) is 1.19. The van der Waals surface area contributed by atoms with Gasteiger partial charge in [-0.2, -0.15) is 0 Å². The lowest BCUT2D eigenvalue weighted by atomic mass is 10.0. The molecule has 0 aliphatic rings. The molecule has 1 heterocycles. The average Bonchev–Trinajstić information content (AvgIpc) is 3.16. The summed E-state index contributed by atoms with van der Waals surface area (Å²) in [5.41, 5.74) is 0.638. The maximum atomic E-state index is 13.0. The molecule has 1 unspecified atom stereocenters. The number of amides is 1. The second kappa shape index (κ2) is 8.95. The first-order valence-electron chi connectivity index (χ1n) is 8.79. The highest BCUT2D eigenvalue weighted by molar-refractivity contribution is 9.10. The predicted octanol–water partition coefficient (Wildman–Crippen LogP) is 3.63. The monoisotopic (exact) mass is 474 g/mol. The Labute approximate surface area is 180 Å². The van der Waals surface area contributed by atoms with Crippen LogP contribution in [0, 0.1) is 10.1 Å². The molecule has 30 heavy (non-hydrogen) atoms. The topological polar surface area (TPSA) is 109 Å². The van der Waals surface area contributed by atoms with Crippen LogP contribution in [0.2, 0.25) is 0 Å². The maximum absolute atomic E-state index is 13.0. The van der Waals surface area contributed by atoms with Gasteiger partial charge in [0.25, 0.3) is 11.6 Å². The van der Waals surface area contributed by atoms with E-state index in [-0.39, 0.29) is 11.3 Å². The minimum absolute atomic E-state index is 0.152. The number of nitro groups is 1. The van der Waals surface area contributed by atoms with E-state index in [4.69, 9.17) is 9.47 Å². The number of ether oxygens (including phenoxy) is 2. The lowest BCUT2D eigenvalue weighted by Gasteiger charge is -2.20. The Bertz CT molecular complexity index is 1080. The maximum Gasteiger partial charge on any atom is 0.284 e. The first-order chi connectivity index (χ1) is 14.3. The normalized spacial score (nSPS) is 11.6. The second-order valence-electron chi connectivity index (χ2n) is 6.37. The van der Waals surface area contributed by atoms with E-state index in [9.17, 15) is 14.9 Å². The Kier molecular flexibility index (Phi) is 6.36. The van der Waals surface area contributed by atoms with Gasteiger partial charge in [-0.05, 0) is 45.8 Å². The second-order valence-corrected chi connectivity index (χ2v) is 7.23. The molecule has 0 aliphatic carbocycles. The van der Waals surface area contributed by atoms with Crippen LogP contribution < -0.4 is 14.8 Å². The van der Waals surface area contributed by atoms with Crippen LogP contribution in [0.1, 0.15) is 27.8 Å². The Morgan fingerprint density at radius 3 is 2.40 bits per heavy atom. The third kappa shape index (κ3) is 4.43. The number of methoxy groups -OCH3 is 2. The van der Waals surface area contributed by atoms with E-state index in [0.717, 1.165) is 0 Å². The molecule has 2 aromatic carbocycles. The largest absolute Gasteiger partial charge is 0.497 e. The lowest BCUT2D eigenvalue weighted by molar-refractivity contribution is -0.385. The Morgan fingerprint density at radius 1 is 1.20 bits per heavy atom. The van der Waals surface area contributed by atoms with Crippen molar-refractivity contribution in [3.05, 3.63) is 80.3 Å². The molecule has 1 atom stereocenters. The molecule has 3 aromatic rings. The van der Waals surface area contributed by atoms with Gasteiger partial charge < -0.3 is 19.4 Å². The molecule has 1 aromatic heterocycles. The molecule has 1 amide bonds. The van der Waals surface area contributed by atoms with Crippen LogP contribution in [-0.2, 0) is 7.05 Å². The number of aryl methyl sites for hydroxylation is 1. The number of carbonyl (C=O) groups is 1. The molecule has 0 spiro atoms. The highest BCUT2D eigenvalue weighted by Crippen LogP contribution is 2.30. The quantitative estimate of drug-likeness (QED) is 0.413. The molecule has 0 saturated carbocycles. The summed E-state index contributed by atoms with van der Waals surface area (Å²) >= 11 is 3.13. The summed E-state index contributed by atoms with van der Waals surface area (Å²) in [6, 6.07) is 8.81. The van der Waals surface area contributed by atoms with E-state index in [1.54, 1.807) is 35.2 Å². The fourth-order valence-corrected chi connectivity index (χ4v) is 3.35. The first-order valence-corrected chi connectivity index (χ1v) is 9.58. The highest BCUT2D eigenvalue weighted by Gasteiger charge is 2.24. The molecule has 0 radical (unpaired) electrons. The van der Waals surface area contributed by atoms with Gasteiger partial charge in [-0.25, -0.2) is 4.98 Å². The van der Waals surface area contributed by atoms with Crippen molar-refractivity contribution in [2.45, 2.75) is 6.04 Å². The number of carbonyl (C=O) groups excluding carboxylic acids is 1. The predicted molar refractivity (Wildman–Crippen MR) is 113 cm³/mol. The summed E-state index contributed by atoms with van der Waals surface area (Å²) in [4.78, 5) is 28.0. The van der Waals surface area contributed by atoms with Crippen molar-refractivity contribution in [2.75, 3.05) is 14.2 Å². The summed E-state index contributed by atoms with van der Waals surface area (Å²) in [6.07, 6.45) is 3.38. The molecule has 9 nitrogen and oxygen atoms in total. The number of rotatable bonds is 7. The van der Waals surface area contributed by atoms with Gasteiger partial charge in [-0.3, -0.25) is 14.9 Å². The number of benzene rings is 2. The zero-order valence-electron chi connectivity index (χ0n) is 16.5. The van der Waals surface area contributed by atoms with Crippen molar-refractivity contribution < 1.29 is 19.2 Å². The Morgan fingerprint density at radius 2 is 1.87 bits per heavy atom. The van der Waals surface area contributed by atoms with Gasteiger partial charge in [0.1, 0.15) is 23.4 Å². The van der Waals surface area contributed by atoms with Crippen molar-refractivity contribution in [3.8, 4) is 11.5 Å². The van der Waals surface area contributed by atoms with Gasteiger partial charge in [0.2, 0.25) is 0 Å². The van der Waals surface area contributed by atoms with E-state index < -0.39 is 16.9 Å². The van der Waals surface area contributed by atoms with Crippen LogP contribution in [0.3, 0.4) is 0 Å². The molecule has 3 rings (SSSR count). The molecule has 156 valence electrons. The number of nitrogens with one attached hydrogen (secondary N) is 1. The Hall–Kier alpha value is -3.40. The summed E-state index contributed by atoms with van der Waals surface area (Å²) < 4.78 is 12.8. The molecule has 10 heteroatoms. The standard InChI is InChI=1S/C20H19BrN4O5/c1-24-7-6-22-19(24)18(13-8-14(29-2)11-15(9-13)30-3)23-20(26)12-4-5-16(21)17(10-12)25(27)28/h4-11,18H,1-3H3,(H,23,26). The first kappa shape index (κ1) is 21.3. The van der Waals surface area contributed by atoms with Crippen LogP contribution in [-0.4, -0.2) is 34.6 Å². The van der Waals surface area contributed by atoms with Crippen LogP contribution in [0.5, 0.6) is 11.5 Å². The summed E-state index contributed by atoms with van der Waals surface area (Å²) in [7, 11) is 4.88. The number of aromatic nitrogens is 2. The Balaban J connectivity index is 2.03. The zero-order chi connectivity index (χ0) is 21.8. The minimum Gasteiger partial charge on any atom is -0.497 e. The highest BCUT2D eigenvalue weighted by atomic mass is 79.9. The van der Waals surface area contributed by atoms with Crippen molar-refractivity contribution in [3.63, 3.8) is 0 Å². The van der Waals surface area contributed by atoms with Gasteiger partial charge >= 0.3 is 0 Å². The molecular weight excluding hydrogens is 456 g/mol. The number of hydrogen-bond acceptors (Lipinski definition) is 6. The smallest absolute Gasteiger partial charge is 0.284 e. The lowest BCUT2D eigenvalue weighted by Crippen LogP contribution is -2.31. The van der Waals surface area contributed by atoms with E-state index in [1.807, 2.05) is 7.05 Å². The number of nitrogens with zero attached hydrogens (tertiary/aromatic N) is 3. The van der Waals surface area contributed by atoms with Gasteiger partial charge in [0.05, 0.1) is 23.6 Å². The van der Waals surface area contributed by atoms with Crippen molar-refractivity contribution >= 4 is 27.5 Å². The molecular formula is C20H19BrN4O5. The van der Waals surface area contributed by atoms with E-state index >= 15 is 0 Å². The van der Waals surface area contributed by atoms with E-state index in [2.05, 4.69) is 26.2 Å². The number of halogens is 1. The molecule has 0 saturated heterocycles. The van der Waals surface area contributed by atoms with Gasteiger partial charge in [0.15, 0.2) is 0 Å². The minimum atomic E-state index is -0.649. The van der Waals surface area contributed by atoms with Crippen LogP contribution >= 0.6 is 15.9 Å². The van der Waals surface area contributed by atoms with Crippen LogP contribution in [0.15, 0.2) is 53.3 Å². The van der Waals surface area contributed by atoms with Crippen LogP contribution in [0.25, 0.3) is 0 Å². The fourth-order valence-electron chi connectivity index (χ4n) is 2.96. The average molecular weight is 475 g/mol. The number of hydrogen-bond donors (Lipinski definition) is 1. The summed E-state index contributed by atoms with van der Waals surface area (Å²) in [5, 5.41) is 14.1. The molecule has 0 bridgehead atoms. The van der Waals surface area contributed by atoms with Gasteiger partial charge in [0, 0.05) is 37.1 Å². The number of imidazole rings is 1. The van der Waals surface area contributed by atoms with E-state index in [1.165, 1.54) is 32.4 Å². The molecule has 0 fully saturated rings. The van der Waals surface area contributed by atoms with Gasteiger partial charge in [-0.1, -0.05) is 0 Å². The van der Waals surface area contributed by atoms with Crippen molar-refractivity contribution in [1.29, 1.82) is 0 Å². The summed E-state index contributed by atoms with van der Waals surface area (Å²) in [6.45, 7) is 0. The molecule has 0 aliphatic heterocycles. The van der Waals surface area contributed by atoms with E-state index in [0.29, 0.717) is 27.4 Å². The zero-order valence-corrected chi connectivity index (χ0v) is 18.0. The third-order valence-corrected chi connectivity index (χ3v) is 5.17. The van der Waals surface area contributed by atoms with Crippen molar-refractivity contribution in [1.82, 2.24) is 14.9 Å². The fraction of sp³-hybridized carbons (Fsp3) is 0.200. The molecule has 1 N–H and O–H groups in total. The van der Waals surface area contributed by atoms with Crippen molar-refractivity contribution in [2.24, 2.45) is 7.05 Å². The number of nitro benzene ring substituents is 1.